The maximum absolute atomic E-state index is 13.6. The normalized spacial score (nSPS) is 12.3. The smallest absolute Gasteiger partial charge is 0.266 e. The number of amides is 1. The Morgan fingerprint density at radius 3 is 2.38 bits per heavy atom. The van der Waals surface area contributed by atoms with Gasteiger partial charge >= 0.3 is 0 Å². The van der Waals surface area contributed by atoms with Crippen molar-refractivity contribution in [2.75, 3.05) is 6.54 Å². The molecule has 0 spiro atoms. The summed E-state index contributed by atoms with van der Waals surface area (Å²) in [6, 6.07) is 12.5. The molecule has 0 N–H and O–H groups in total. The van der Waals surface area contributed by atoms with Crippen LogP contribution in [0.5, 0.6) is 0 Å². The largest absolute Gasteiger partial charge is 0.333 e. The second kappa shape index (κ2) is 10.5. The molecule has 1 aromatic heterocycles. The van der Waals surface area contributed by atoms with Crippen molar-refractivity contribution in [2.45, 2.75) is 59.4 Å². The van der Waals surface area contributed by atoms with Crippen molar-refractivity contribution < 1.29 is 9.18 Å². The first kappa shape index (κ1) is 23.6. The lowest BCUT2D eigenvalue weighted by molar-refractivity contribution is -0.137. The van der Waals surface area contributed by atoms with E-state index in [0.29, 0.717) is 29.0 Å². The Labute approximate surface area is 188 Å². The number of fused-ring (bicyclic) bond motifs is 1. The molecule has 0 fully saturated rings. The van der Waals surface area contributed by atoms with E-state index in [9.17, 15) is 14.0 Å². The van der Waals surface area contributed by atoms with Gasteiger partial charge in [-0.25, -0.2) is 9.37 Å². The highest BCUT2D eigenvalue weighted by molar-refractivity contribution is 5.79. The number of hydrogen-bond acceptors (Lipinski definition) is 3. The van der Waals surface area contributed by atoms with Crippen LogP contribution in [0.2, 0.25) is 0 Å². The second-order valence-corrected chi connectivity index (χ2v) is 8.53. The molecule has 1 unspecified atom stereocenters. The number of carbonyl (C=O) groups is 1. The predicted octanol–water partition coefficient (Wildman–Crippen LogP) is 5.65. The molecule has 0 bridgehead atoms. The minimum atomic E-state index is -0.422. The highest BCUT2D eigenvalue weighted by Crippen LogP contribution is 2.25. The van der Waals surface area contributed by atoms with Crippen molar-refractivity contribution in [3.05, 3.63) is 70.5 Å². The molecule has 0 aliphatic heterocycles. The lowest BCUT2D eigenvalue weighted by Gasteiger charge is -2.32. The molecule has 6 heteroatoms. The van der Waals surface area contributed by atoms with E-state index in [0.717, 1.165) is 25.7 Å². The summed E-state index contributed by atoms with van der Waals surface area (Å²) in [5, 5.41) is 0.484. The number of carbonyl (C=O) groups excluding carboxylic acids is 1. The molecule has 1 heterocycles. The van der Waals surface area contributed by atoms with Crippen LogP contribution in [0.4, 0.5) is 4.39 Å². The number of hydrogen-bond donors (Lipinski definition) is 0. The first-order valence-electron chi connectivity index (χ1n) is 11.4. The van der Waals surface area contributed by atoms with E-state index in [1.165, 1.54) is 16.7 Å². The van der Waals surface area contributed by atoms with Crippen molar-refractivity contribution in [2.24, 2.45) is 5.92 Å². The molecule has 3 aromatic rings. The molecule has 0 saturated carbocycles. The third-order valence-corrected chi connectivity index (χ3v) is 5.76. The monoisotopic (exact) mass is 437 g/mol. The minimum Gasteiger partial charge on any atom is -0.333 e. The van der Waals surface area contributed by atoms with Gasteiger partial charge in [-0.3, -0.25) is 14.2 Å². The first-order chi connectivity index (χ1) is 15.3. The van der Waals surface area contributed by atoms with Gasteiger partial charge in [0, 0.05) is 12.5 Å². The zero-order valence-electron chi connectivity index (χ0n) is 19.3. The van der Waals surface area contributed by atoms with Crippen molar-refractivity contribution in [1.82, 2.24) is 14.5 Å². The highest BCUT2D eigenvalue weighted by atomic mass is 19.1. The van der Waals surface area contributed by atoms with Gasteiger partial charge in [0.05, 0.1) is 22.6 Å². The van der Waals surface area contributed by atoms with E-state index in [1.807, 2.05) is 31.7 Å². The van der Waals surface area contributed by atoms with Gasteiger partial charge in [-0.15, -0.1) is 0 Å². The molecule has 0 aliphatic carbocycles. The summed E-state index contributed by atoms with van der Waals surface area (Å²) in [6.45, 7) is 8.44. The molecule has 0 saturated heterocycles. The third kappa shape index (κ3) is 5.06. The van der Waals surface area contributed by atoms with E-state index in [4.69, 9.17) is 4.98 Å². The summed E-state index contributed by atoms with van der Waals surface area (Å²) < 4.78 is 15.1. The fourth-order valence-corrected chi connectivity index (χ4v) is 3.94. The maximum Gasteiger partial charge on any atom is 0.266 e. The van der Waals surface area contributed by atoms with Crippen molar-refractivity contribution in [3.8, 4) is 5.69 Å². The number of halogens is 1. The van der Waals surface area contributed by atoms with Gasteiger partial charge in [0.1, 0.15) is 11.6 Å². The predicted molar refractivity (Wildman–Crippen MR) is 126 cm³/mol. The number of para-hydroxylation sites is 1. The van der Waals surface area contributed by atoms with Crippen LogP contribution in [0.1, 0.15) is 65.2 Å². The fraction of sp³-hybridized carbons (Fsp3) is 0.423. The van der Waals surface area contributed by atoms with Gasteiger partial charge in [-0.2, -0.15) is 0 Å². The summed E-state index contributed by atoms with van der Waals surface area (Å²) >= 11 is 0. The second-order valence-electron chi connectivity index (χ2n) is 8.53. The van der Waals surface area contributed by atoms with Crippen molar-refractivity contribution >= 4 is 16.8 Å². The standard InChI is InChI=1S/C26H32FN3O2/c1-5-6-7-10-17-29(25(31)18(2)3)19(4)24-28-23-12-9-8-11-22(23)26(32)30(24)21-15-13-20(27)14-16-21/h8-9,11-16,18-19H,5-7,10,17H2,1-4H3. The van der Waals surface area contributed by atoms with Gasteiger partial charge in [0.15, 0.2) is 0 Å². The molecular weight excluding hydrogens is 405 g/mol. The Bertz CT molecular complexity index is 1120. The summed E-state index contributed by atoms with van der Waals surface area (Å²) in [4.78, 5) is 33.3. The van der Waals surface area contributed by atoms with E-state index in [1.54, 1.807) is 30.3 Å². The van der Waals surface area contributed by atoms with Crippen LogP contribution in [0.3, 0.4) is 0 Å². The van der Waals surface area contributed by atoms with Gasteiger partial charge < -0.3 is 4.90 Å². The van der Waals surface area contributed by atoms with E-state index < -0.39 is 6.04 Å². The fourth-order valence-electron chi connectivity index (χ4n) is 3.94. The molecular formula is C26H32FN3O2. The molecule has 0 radical (unpaired) electrons. The van der Waals surface area contributed by atoms with Crippen LogP contribution in [0.25, 0.3) is 16.6 Å². The Kier molecular flexibility index (Phi) is 7.78. The Balaban J connectivity index is 2.15. The van der Waals surface area contributed by atoms with E-state index in [2.05, 4.69) is 6.92 Å². The number of rotatable bonds is 9. The van der Waals surface area contributed by atoms with Crippen LogP contribution in [-0.4, -0.2) is 26.9 Å². The topological polar surface area (TPSA) is 55.2 Å². The maximum atomic E-state index is 13.6. The van der Waals surface area contributed by atoms with Crippen LogP contribution in [0.15, 0.2) is 53.3 Å². The van der Waals surface area contributed by atoms with Gasteiger partial charge in [0.25, 0.3) is 5.56 Å². The van der Waals surface area contributed by atoms with Crippen molar-refractivity contribution in [1.29, 1.82) is 0 Å². The van der Waals surface area contributed by atoms with Crippen LogP contribution < -0.4 is 5.56 Å². The van der Waals surface area contributed by atoms with Crippen LogP contribution in [0, 0.1) is 11.7 Å². The number of unbranched alkanes of at least 4 members (excludes halogenated alkanes) is 3. The molecule has 0 aliphatic rings. The molecule has 1 atom stereocenters. The average Bonchev–Trinajstić information content (AvgIpc) is 2.79. The summed E-state index contributed by atoms with van der Waals surface area (Å²) in [5.41, 5.74) is 0.882. The molecule has 2 aromatic carbocycles. The van der Waals surface area contributed by atoms with Crippen molar-refractivity contribution in [3.63, 3.8) is 0 Å². The summed E-state index contributed by atoms with van der Waals surface area (Å²) in [7, 11) is 0. The molecule has 32 heavy (non-hydrogen) atoms. The van der Waals surface area contributed by atoms with E-state index >= 15 is 0 Å². The van der Waals surface area contributed by atoms with Crippen LogP contribution >= 0.6 is 0 Å². The average molecular weight is 438 g/mol. The molecule has 170 valence electrons. The Morgan fingerprint density at radius 1 is 1.03 bits per heavy atom. The third-order valence-electron chi connectivity index (χ3n) is 5.76. The summed E-state index contributed by atoms with van der Waals surface area (Å²) in [6.07, 6.45) is 4.17. The quantitative estimate of drug-likeness (QED) is 0.407. The zero-order valence-corrected chi connectivity index (χ0v) is 19.3. The lowest BCUT2D eigenvalue weighted by atomic mass is 10.1. The Hall–Kier alpha value is -3.02. The zero-order chi connectivity index (χ0) is 23.3. The van der Waals surface area contributed by atoms with Gasteiger partial charge in [0.2, 0.25) is 5.91 Å². The van der Waals surface area contributed by atoms with Crippen LogP contribution in [-0.2, 0) is 4.79 Å². The van der Waals surface area contributed by atoms with Gasteiger partial charge in [-0.05, 0) is 49.7 Å². The highest BCUT2D eigenvalue weighted by Gasteiger charge is 2.27. The van der Waals surface area contributed by atoms with Gasteiger partial charge in [-0.1, -0.05) is 52.2 Å². The minimum absolute atomic E-state index is 0.0297. The lowest BCUT2D eigenvalue weighted by Crippen LogP contribution is -2.40. The molecule has 3 rings (SSSR count). The first-order valence-corrected chi connectivity index (χ1v) is 11.4. The number of nitrogens with zero attached hydrogens (tertiary/aromatic N) is 3. The molecule has 5 nitrogen and oxygen atoms in total. The molecule has 1 amide bonds. The van der Waals surface area contributed by atoms with E-state index in [-0.39, 0.29) is 23.2 Å². The Morgan fingerprint density at radius 2 is 1.72 bits per heavy atom. The number of aromatic nitrogens is 2. The SMILES string of the molecule is CCCCCCN(C(=O)C(C)C)C(C)c1nc2ccccc2c(=O)n1-c1ccc(F)cc1. The summed E-state index contributed by atoms with van der Waals surface area (Å²) in [5.74, 6) is -0.0420. The number of benzene rings is 2.